The zero-order chi connectivity index (χ0) is 25.2. The van der Waals surface area contributed by atoms with Crippen molar-refractivity contribution in [2.75, 3.05) is 57.5 Å². The Morgan fingerprint density at radius 3 is 2.39 bits per heavy atom. The molecule has 0 unspecified atom stereocenters. The predicted octanol–water partition coefficient (Wildman–Crippen LogP) is 3.70. The first-order valence-electron chi connectivity index (χ1n) is 12.3. The van der Waals surface area contributed by atoms with Crippen molar-refractivity contribution in [2.45, 2.75) is 6.54 Å². The predicted molar refractivity (Wildman–Crippen MR) is 145 cm³/mol. The van der Waals surface area contributed by atoms with Gasteiger partial charge in [0.2, 0.25) is 0 Å². The zero-order valence-corrected chi connectivity index (χ0v) is 21.4. The van der Waals surface area contributed by atoms with Crippen LogP contribution >= 0.6 is 0 Å². The Labute approximate surface area is 212 Å². The lowest BCUT2D eigenvalue weighted by Crippen LogP contribution is -2.46. The van der Waals surface area contributed by atoms with Crippen molar-refractivity contribution in [2.24, 2.45) is 7.05 Å². The molecule has 4 heterocycles. The van der Waals surface area contributed by atoms with Gasteiger partial charge in [0.15, 0.2) is 0 Å². The first-order chi connectivity index (χ1) is 17.4. The number of nitrogens with one attached hydrogen (secondary N) is 1. The van der Waals surface area contributed by atoms with Gasteiger partial charge in [0.1, 0.15) is 11.5 Å². The van der Waals surface area contributed by atoms with Crippen LogP contribution in [0.25, 0.3) is 22.2 Å². The van der Waals surface area contributed by atoms with E-state index in [2.05, 4.69) is 67.0 Å². The Kier molecular flexibility index (Phi) is 6.61. The summed E-state index contributed by atoms with van der Waals surface area (Å²) in [6.45, 7) is 4.76. The molecule has 4 aromatic rings. The van der Waals surface area contributed by atoms with Crippen molar-refractivity contribution in [3.05, 3.63) is 72.2 Å². The average molecular weight is 484 g/mol. The van der Waals surface area contributed by atoms with Crippen molar-refractivity contribution >= 4 is 28.4 Å². The molecule has 1 saturated heterocycles. The number of hydrogen-bond acceptors (Lipinski definition) is 6. The molecule has 0 saturated carbocycles. The highest BCUT2D eigenvalue weighted by Crippen LogP contribution is 2.30. The first kappa shape index (κ1) is 23.8. The van der Waals surface area contributed by atoms with Crippen LogP contribution in [0, 0.1) is 0 Å². The molecule has 8 nitrogen and oxygen atoms in total. The van der Waals surface area contributed by atoms with Gasteiger partial charge in [0.05, 0.1) is 0 Å². The van der Waals surface area contributed by atoms with E-state index in [0.29, 0.717) is 0 Å². The molecule has 1 aliphatic rings. The van der Waals surface area contributed by atoms with Gasteiger partial charge in [-0.2, -0.15) is 0 Å². The molecule has 1 N–H and O–H groups in total. The van der Waals surface area contributed by atoms with E-state index in [4.69, 9.17) is 0 Å². The normalized spacial score (nSPS) is 14.3. The second-order valence-corrected chi connectivity index (χ2v) is 9.48. The molecular formula is C28H33N7O. The minimum atomic E-state index is 0.0326. The minimum Gasteiger partial charge on any atom is -0.373 e. The number of anilines is 2. The molecule has 5 rings (SSSR count). The number of aryl methyl sites for hydroxylation is 1. The Hall–Kier alpha value is -3.91. The Morgan fingerprint density at radius 1 is 1.00 bits per heavy atom. The number of carbonyl (C=O) groups excluding carboxylic acids is 1. The molecule has 0 bridgehead atoms. The van der Waals surface area contributed by atoms with Crippen molar-refractivity contribution in [3.63, 3.8) is 0 Å². The summed E-state index contributed by atoms with van der Waals surface area (Å²) in [7, 11) is 7.53. The Bertz CT molecular complexity index is 1350. The van der Waals surface area contributed by atoms with Gasteiger partial charge in [-0.25, -0.2) is 9.97 Å². The lowest BCUT2D eigenvalue weighted by Gasteiger charge is -2.36. The van der Waals surface area contributed by atoms with Crippen LogP contribution in [0.15, 0.2) is 60.9 Å². The zero-order valence-electron chi connectivity index (χ0n) is 21.4. The highest BCUT2D eigenvalue weighted by molar-refractivity contribution is 5.94. The third-order valence-corrected chi connectivity index (χ3v) is 7.00. The molecule has 186 valence electrons. The van der Waals surface area contributed by atoms with Crippen LogP contribution in [-0.2, 0) is 13.6 Å². The summed E-state index contributed by atoms with van der Waals surface area (Å²) < 4.78 is 2.21. The minimum absolute atomic E-state index is 0.0326. The van der Waals surface area contributed by atoms with Crippen LogP contribution in [0.2, 0.25) is 0 Å². The fourth-order valence-corrected chi connectivity index (χ4v) is 4.84. The summed E-state index contributed by atoms with van der Waals surface area (Å²) in [6.07, 6.45) is 3.79. The summed E-state index contributed by atoms with van der Waals surface area (Å²) in [4.78, 5) is 27.8. The molecule has 1 amide bonds. The summed E-state index contributed by atoms with van der Waals surface area (Å²) in [5, 5.41) is 4.23. The maximum absolute atomic E-state index is 12.2. The molecule has 8 heteroatoms. The maximum atomic E-state index is 12.2. The molecule has 3 aromatic heterocycles. The summed E-state index contributed by atoms with van der Waals surface area (Å²) in [5.41, 5.74) is 6.38. The highest BCUT2D eigenvalue weighted by Gasteiger charge is 2.20. The number of benzene rings is 1. The van der Waals surface area contributed by atoms with Crippen LogP contribution < -0.4 is 10.2 Å². The lowest BCUT2D eigenvalue weighted by molar-refractivity contribution is 0.0827. The van der Waals surface area contributed by atoms with Gasteiger partial charge in [0, 0.05) is 101 Å². The van der Waals surface area contributed by atoms with E-state index in [9.17, 15) is 4.79 Å². The number of amides is 1. The molecular weight excluding hydrogens is 450 g/mol. The summed E-state index contributed by atoms with van der Waals surface area (Å²) in [5.74, 6) is 0.889. The lowest BCUT2D eigenvalue weighted by atomic mass is 10.1. The van der Waals surface area contributed by atoms with Gasteiger partial charge in [-0.15, -0.1) is 0 Å². The topological polar surface area (TPSA) is 69.5 Å². The molecule has 0 aliphatic carbocycles. The van der Waals surface area contributed by atoms with E-state index in [1.54, 1.807) is 19.0 Å². The van der Waals surface area contributed by atoms with Crippen LogP contribution in [0.1, 0.15) is 16.1 Å². The fourth-order valence-electron chi connectivity index (χ4n) is 4.84. The number of nitrogens with zero attached hydrogens (tertiary/aromatic N) is 6. The molecule has 1 fully saturated rings. The van der Waals surface area contributed by atoms with Crippen molar-refractivity contribution in [1.82, 2.24) is 24.3 Å². The van der Waals surface area contributed by atoms with E-state index in [1.807, 2.05) is 37.6 Å². The Balaban J connectivity index is 1.28. The highest BCUT2D eigenvalue weighted by atomic mass is 16.2. The fraction of sp³-hybridized carbons (Fsp3) is 0.321. The maximum Gasteiger partial charge on any atom is 0.253 e. The van der Waals surface area contributed by atoms with Crippen LogP contribution in [-0.4, -0.2) is 77.6 Å². The number of fused-ring (bicyclic) bond motifs is 1. The smallest absolute Gasteiger partial charge is 0.253 e. The first-order valence-corrected chi connectivity index (χ1v) is 12.3. The van der Waals surface area contributed by atoms with E-state index in [-0.39, 0.29) is 5.91 Å². The van der Waals surface area contributed by atoms with Gasteiger partial charge >= 0.3 is 0 Å². The van der Waals surface area contributed by atoms with Crippen molar-refractivity contribution in [3.8, 4) is 11.1 Å². The van der Waals surface area contributed by atoms with E-state index in [0.717, 1.165) is 66.3 Å². The number of carbonyl (C=O) groups is 1. The average Bonchev–Trinajstić information content (AvgIpc) is 3.24. The standard InChI is InChI=1S/C28H33N7O/c1-29-26-10-7-21(18-31-26)24-11-12-30-27-25(24)17-23(33(27)4)19-34-13-15-35(16-14-34)22-8-5-20(6-9-22)28(36)32(2)3/h5-12,17-18H,13-16,19H2,1-4H3,(H,29,31). The van der Waals surface area contributed by atoms with Gasteiger partial charge in [-0.05, 0) is 54.1 Å². The third-order valence-electron chi connectivity index (χ3n) is 7.00. The number of hydrogen-bond donors (Lipinski definition) is 1. The van der Waals surface area contributed by atoms with Gasteiger partial charge in [-0.3, -0.25) is 9.69 Å². The second-order valence-electron chi connectivity index (χ2n) is 9.48. The molecule has 0 radical (unpaired) electrons. The van der Waals surface area contributed by atoms with Crippen LogP contribution in [0.5, 0.6) is 0 Å². The van der Waals surface area contributed by atoms with Crippen molar-refractivity contribution in [1.29, 1.82) is 0 Å². The van der Waals surface area contributed by atoms with Crippen molar-refractivity contribution < 1.29 is 4.79 Å². The number of piperazine rings is 1. The molecule has 1 aromatic carbocycles. The second kappa shape index (κ2) is 9.99. The third kappa shape index (κ3) is 4.64. The molecule has 0 spiro atoms. The van der Waals surface area contributed by atoms with E-state index < -0.39 is 0 Å². The SMILES string of the molecule is CNc1ccc(-c2ccnc3c2cc(CN2CCN(c4ccc(C(=O)N(C)C)cc4)CC2)n3C)cn1. The molecule has 36 heavy (non-hydrogen) atoms. The molecule has 1 aliphatic heterocycles. The van der Waals surface area contributed by atoms with Gasteiger partial charge < -0.3 is 19.7 Å². The monoisotopic (exact) mass is 483 g/mol. The summed E-state index contributed by atoms with van der Waals surface area (Å²) in [6, 6.07) is 16.4. The quantitative estimate of drug-likeness (QED) is 0.451. The van der Waals surface area contributed by atoms with Gasteiger partial charge in [0.25, 0.3) is 5.91 Å². The number of rotatable bonds is 6. The Morgan fingerprint density at radius 2 is 1.75 bits per heavy atom. The molecule has 0 atom stereocenters. The summed E-state index contributed by atoms with van der Waals surface area (Å²) >= 11 is 0. The van der Waals surface area contributed by atoms with Crippen LogP contribution in [0.4, 0.5) is 11.5 Å². The number of pyridine rings is 2. The largest absolute Gasteiger partial charge is 0.373 e. The number of aromatic nitrogens is 3. The van der Waals surface area contributed by atoms with Crippen LogP contribution in [0.3, 0.4) is 0 Å². The van der Waals surface area contributed by atoms with E-state index >= 15 is 0 Å². The van der Waals surface area contributed by atoms with E-state index in [1.165, 1.54) is 11.4 Å². The van der Waals surface area contributed by atoms with Gasteiger partial charge in [-0.1, -0.05) is 0 Å².